The Morgan fingerprint density at radius 1 is 0.741 bits per heavy atom. The van der Waals surface area contributed by atoms with Crippen LogP contribution in [0.25, 0.3) is 33.9 Å². The van der Waals surface area contributed by atoms with Crippen molar-refractivity contribution in [2.45, 2.75) is 52.5 Å². The van der Waals surface area contributed by atoms with E-state index in [-0.39, 0.29) is 29.1 Å². The molecule has 2 aromatic carbocycles. The van der Waals surface area contributed by atoms with E-state index in [0.29, 0.717) is 36.4 Å². The second-order valence-corrected chi connectivity index (χ2v) is 12.4. The predicted molar refractivity (Wildman–Crippen MR) is 184 cm³/mol. The van der Waals surface area contributed by atoms with Crippen LogP contribution in [0.5, 0.6) is 0 Å². The number of carbonyl (C=O) groups is 2. The number of aryl methyl sites for hydroxylation is 2. The maximum atomic E-state index is 13.9. The molecule has 4 aromatic heterocycles. The highest BCUT2D eigenvalue weighted by Crippen LogP contribution is 2.30. The lowest BCUT2D eigenvalue weighted by atomic mass is 10.0. The first-order valence-corrected chi connectivity index (χ1v) is 16.1. The van der Waals surface area contributed by atoms with Gasteiger partial charge in [0.15, 0.2) is 0 Å². The van der Waals surface area contributed by atoms with Crippen LogP contribution in [0.4, 0.5) is 17.6 Å². The van der Waals surface area contributed by atoms with E-state index in [1.807, 2.05) is 26.0 Å². The SMILES string of the molecule is Cc1ccc(-c2cc(C(=O)N[C@@H](C)CO)cc(-n3nnnc3C(C)(F)F)c2)nc1.Cc1ccc(-c2cc(C(=O)O)cc(-n3nnnc3C(C)(F)F)c2)nc1. The van der Waals surface area contributed by atoms with Gasteiger partial charge in [-0.15, -0.1) is 10.2 Å². The fourth-order valence-electron chi connectivity index (χ4n) is 4.92. The average molecular weight is 748 g/mol. The summed E-state index contributed by atoms with van der Waals surface area (Å²) in [6, 6.07) is 15.4. The Kier molecular flexibility index (Phi) is 11.2. The normalized spacial score (nSPS) is 12.1. The molecule has 6 rings (SSSR count). The number of nitrogens with zero attached hydrogens (tertiary/aromatic N) is 10. The van der Waals surface area contributed by atoms with Gasteiger partial charge in [0.05, 0.1) is 34.9 Å². The Morgan fingerprint density at radius 2 is 1.19 bits per heavy atom. The Balaban J connectivity index is 0.000000210. The number of halogens is 4. The van der Waals surface area contributed by atoms with Gasteiger partial charge in [-0.1, -0.05) is 12.1 Å². The van der Waals surface area contributed by atoms with Crippen molar-refractivity contribution in [3.63, 3.8) is 0 Å². The Labute approximate surface area is 304 Å². The van der Waals surface area contributed by atoms with Gasteiger partial charge in [-0.05, 0) is 101 Å². The molecular weight excluding hydrogens is 714 g/mol. The van der Waals surface area contributed by atoms with E-state index in [9.17, 15) is 37.4 Å². The van der Waals surface area contributed by atoms with Crippen LogP contribution in [-0.2, 0) is 11.8 Å². The van der Waals surface area contributed by atoms with Crippen molar-refractivity contribution < 1.29 is 37.4 Å². The van der Waals surface area contributed by atoms with Crippen molar-refractivity contribution >= 4 is 11.9 Å². The molecule has 0 unspecified atom stereocenters. The molecule has 0 radical (unpaired) electrons. The molecule has 19 heteroatoms. The number of aliphatic hydroxyl groups is 1. The van der Waals surface area contributed by atoms with E-state index in [1.165, 1.54) is 24.3 Å². The molecule has 1 atom stereocenters. The van der Waals surface area contributed by atoms with Crippen LogP contribution in [0.2, 0.25) is 0 Å². The van der Waals surface area contributed by atoms with Crippen molar-refractivity contribution in [2.24, 2.45) is 0 Å². The van der Waals surface area contributed by atoms with Crippen molar-refractivity contribution in [3.8, 4) is 33.9 Å². The van der Waals surface area contributed by atoms with Crippen LogP contribution in [0.15, 0.2) is 73.1 Å². The van der Waals surface area contributed by atoms with Crippen molar-refractivity contribution in [3.05, 3.63) is 107 Å². The Hall–Kier alpha value is -6.50. The van der Waals surface area contributed by atoms with Crippen LogP contribution in [0.1, 0.15) is 64.3 Å². The number of aromatic nitrogens is 10. The summed E-state index contributed by atoms with van der Waals surface area (Å²) >= 11 is 0. The summed E-state index contributed by atoms with van der Waals surface area (Å²) < 4.78 is 56.8. The number of carbonyl (C=O) groups excluding carboxylic acids is 1. The third kappa shape index (κ3) is 9.10. The molecule has 0 aliphatic rings. The quantitative estimate of drug-likeness (QED) is 0.157. The van der Waals surface area contributed by atoms with Crippen molar-refractivity contribution in [1.29, 1.82) is 0 Å². The van der Waals surface area contributed by atoms with Crippen molar-refractivity contribution in [2.75, 3.05) is 6.61 Å². The van der Waals surface area contributed by atoms with Gasteiger partial charge >= 0.3 is 17.8 Å². The smallest absolute Gasteiger partial charge is 0.335 e. The number of hydrogen-bond donors (Lipinski definition) is 3. The number of alkyl halides is 4. The zero-order chi connectivity index (χ0) is 39.4. The number of benzene rings is 2. The summed E-state index contributed by atoms with van der Waals surface area (Å²) in [6.45, 7) is 6.51. The number of rotatable bonds is 10. The third-order valence-corrected chi connectivity index (χ3v) is 7.62. The minimum atomic E-state index is -3.29. The number of carboxylic acids is 1. The summed E-state index contributed by atoms with van der Waals surface area (Å²) in [5.41, 5.74) is 4.34. The maximum Gasteiger partial charge on any atom is 0.335 e. The van der Waals surface area contributed by atoms with Crippen LogP contribution >= 0.6 is 0 Å². The topological polar surface area (TPSA) is 200 Å². The largest absolute Gasteiger partial charge is 0.478 e. The Bertz CT molecular complexity index is 2270. The molecular formula is C35H33F4N11O4. The molecule has 0 fully saturated rings. The van der Waals surface area contributed by atoms with E-state index in [1.54, 1.807) is 43.6 Å². The predicted octanol–water partition coefficient (Wildman–Crippen LogP) is 5.10. The van der Waals surface area contributed by atoms with E-state index in [4.69, 9.17) is 0 Å². The first kappa shape index (κ1) is 38.7. The second-order valence-electron chi connectivity index (χ2n) is 12.4. The molecule has 6 aromatic rings. The summed E-state index contributed by atoms with van der Waals surface area (Å²) in [6.07, 6.45) is 3.29. The Morgan fingerprint density at radius 3 is 1.57 bits per heavy atom. The lowest BCUT2D eigenvalue weighted by molar-refractivity contribution is 0.00466. The van der Waals surface area contributed by atoms with Gasteiger partial charge < -0.3 is 15.5 Å². The van der Waals surface area contributed by atoms with E-state index < -0.39 is 41.4 Å². The molecule has 0 aliphatic heterocycles. The minimum Gasteiger partial charge on any atom is -0.478 e. The van der Waals surface area contributed by atoms with Gasteiger partial charge in [0.1, 0.15) is 0 Å². The van der Waals surface area contributed by atoms with Gasteiger partial charge in [-0.2, -0.15) is 26.9 Å². The van der Waals surface area contributed by atoms with Gasteiger partial charge in [-0.25, -0.2) is 4.79 Å². The van der Waals surface area contributed by atoms with Gasteiger partial charge in [0.2, 0.25) is 11.6 Å². The van der Waals surface area contributed by atoms with Gasteiger partial charge in [0.25, 0.3) is 5.91 Å². The second kappa shape index (κ2) is 15.6. The summed E-state index contributed by atoms with van der Waals surface area (Å²) in [4.78, 5) is 32.6. The minimum absolute atomic E-state index is 0.0873. The third-order valence-electron chi connectivity index (χ3n) is 7.62. The highest BCUT2D eigenvalue weighted by atomic mass is 19.3. The molecule has 0 saturated carbocycles. The molecule has 0 saturated heterocycles. The van der Waals surface area contributed by atoms with E-state index in [0.717, 1.165) is 20.5 Å². The fraction of sp³-hybridized carbons (Fsp3) is 0.257. The van der Waals surface area contributed by atoms with E-state index >= 15 is 0 Å². The first-order valence-electron chi connectivity index (χ1n) is 16.1. The van der Waals surface area contributed by atoms with Crippen LogP contribution in [0.3, 0.4) is 0 Å². The monoisotopic (exact) mass is 747 g/mol. The highest BCUT2D eigenvalue weighted by molar-refractivity contribution is 5.96. The summed E-state index contributed by atoms with van der Waals surface area (Å²) in [7, 11) is 0. The molecule has 4 heterocycles. The van der Waals surface area contributed by atoms with Crippen LogP contribution in [0, 0.1) is 13.8 Å². The van der Waals surface area contributed by atoms with Crippen LogP contribution < -0.4 is 5.32 Å². The maximum absolute atomic E-state index is 13.9. The number of aliphatic hydroxyl groups excluding tert-OH is 1. The number of pyridine rings is 2. The molecule has 15 nitrogen and oxygen atoms in total. The summed E-state index contributed by atoms with van der Waals surface area (Å²) in [5.74, 6) is -9.58. The standard InChI is InChI=1S/C19H20F2N6O2.C16H13F2N5O2/c1-11-4-5-16(22-9-11)13-6-14(17(29)23-12(2)10-28)8-15(7-13)27-18(19(3,20)21)24-25-26-27;1-9-3-4-13(19-8-9)10-5-11(14(24)25)7-12(6-10)23-15(16(2,17)18)20-21-22-23/h4-9,12,28H,10H2,1-3H3,(H,23,29);3-8H,1-2H3,(H,24,25)/t12-;/m0./s1. The number of carboxylic acid groups (broad SMARTS) is 1. The average Bonchev–Trinajstić information content (AvgIpc) is 3.84. The van der Waals surface area contributed by atoms with Gasteiger partial charge in [0, 0.05) is 49.0 Å². The lowest BCUT2D eigenvalue weighted by Gasteiger charge is -2.15. The number of amides is 1. The highest BCUT2D eigenvalue weighted by Gasteiger charge is 2.34. The number of aromatic carboxylic acids is 1. The molecule has 54 heavy (non-hydrogen) atoms. The van der Waals surface area contributed by atoms with E-state index in [2.05, 4.69) is 46.3 Å². The van der Waals surface area contributed by atoms with Crippen molar-refractivity contribution in [1.82, 2.24) is 55.7 Å². The molecule has 280 valence electrons. The number of tetrazole rings is 2. The van der Waals surface area contributed by atoms with Gasteiger partial charge in [-0.3, -0.25) is 14.8 Å². The molecule has 3 N–H and O–H groups in total. The zero-order valence-electron chi connectivity index (χ0n) is 29.4. The fourth-order valence-corrected chi connectivity index (χ4v) is 4.92. The summed E-state index contributed by atoms with van der Waals surface area (Å²) in [5, 5.41) is 41.7. The molecule has 1 amide bonds. The molecule has 0 aliphatic carbocycles. The zero-order valence-corrected chi connectivity index (χ0v) is 29.4. The molecule has 0 bridgehead atoms. The first-order chi connectivity index (χ1) is 25.4. The number of nitrogens with one attached hydrogen (secondary N) is 1. The molecule has 0 spiro atoms. The number of hydrogen-bond acceptors (Lipinski definition) is 11. The lowest BCUT2D eigenvalue weighted by Crippen LogP contribution is -2.35. The van der Waals surface area contributed by atoms with Crippen LogP contribution in [-0.4, -0.2) is 85.1 Å².